The number of hydrogen-bond donors (Lipinski definition) is 1. The van der Waals surface area contributed by atoms with Gasteiger partial charge in [0.05, 0.1) is 17.6 Å². The zero-order chi connectivity index (χ0) is 23.6. The summed E-state index contributed by atoms with van der Waals surface area (Å²) in [5, 5.41) is 11.3. The van der Waals surface area contributed by atoms with E-state index in [4.69, 9.17) is 4.74 Å². The molecule has 178 valence electrons. The second-order valence-corrected chi connectivity index (χ2v) is 10.1. The summed E-state index contributed by atoms with van der Waals surface area (Å²) in [5.41, 5.74) is 2.81. The van der Waals surface area contributed by atoms with Crippen molar-refractivity contribution in [1.82, 2.24) is 9.80 Å². The Bertz CT molecular complexity index is 967. The Hall–Kier alpha value is -2.28. The van der Waals surface area contributed by atoms with Crippen molar-refractivity contribution >= 4 is 5.91 Å². The van der Waals surface area contributed by atoms with Gasteiger partial charge in [-0.25, -0.2) is 4.39 Å². The molecule has 0 saturated carbocycles. The fourth-order valence-electron chi connectivity index (χ4n) is 5.52. The number of nitrogens with zero attached hydrogens (tertiary/aromatic N) is 2. The van der Waals surface area contributed by atoms with E-state index < -0.39 is 11.0 Å². The number of likely N-dealkylation sites (N-methyl/N-ethyl adjacent to an activating group) is 1. The van der Waals surface area contributed by atoms with Crippen molar-refractivity contribution in [3.05, 3.63) is 70.5 Å². The van der Waals surface area contributed by atoms with Gasteiger partial charge in [-0.15, -0.1) is 0 Å². The lowest BCUT2D eigenvalue weighted by Crippen LogP contribution is -2.51. The van der Waals surface area contributed by atoms with Crippen LogP contribution in [0, 0.1) is 19.7 Å². The van der Waals surface area contributed by atoms with Gasteiger partial charge in [0.2, 0.25) is 5.91 Å². The number of β-amino-alcohol motifs (C(OH)–C–C–N with tert-alkyl or cyclic N) is 1. The molecule has 6 heteroatoms. The van der Waals surface area contributed by atoms with Crippen LogP contribution in [0.4, 0.5) is 4.39 Å². The molecule has 2 aromatic carbocycles. The highest BCUT2D eigenvalue weighted by molar-refractivity contribution is 5.89. The van der Waals surface area contributed by atoms with Crippen LogP contribution in [0.5, 0.6) is 0 Å². The van der Waals surface area contributed by atoms with E-state index in [9.17, 15) is 14.3 Å². The molecule has 2 aliphatic rings. The topological polar surface area (TPSA) is 53.0 Å². The molecule has 0 radical (unpaired) electrons. The number of hydrogen-bond acceptors (Lipinski definition) is 4. The number of likely N-dealkylation sites (tertiary alicyclic amines) is 1. The quantitative estimate of drug-likeness (QED) is 0.725. The first-order chi connectivity index (χ1) is 15.7. The summed E-state index contributed by atoms with van der Waals surface area (Å²) >= 11 is 0. The number of aryl methyl sites for hydroxylation is 2. The lowest BCUT2D eigenvalue weighted by molar-refractivity contribution is -0.141. The number of carbonyl (C=O) groups is 1. The first-order valence-corrected chi connectivity index (χ1v) is 11.8. The molecule has 0 aliphatic carbocycles. The van der Waals surface area contributed by atoms with Crippen molar-refractivity contribution in [2.75, 3.05) is 39.9 Å². The summed E-state index contributed by atoms with van der Waals surface area (Å²) in [4.78, 5) is 17.8. The molecule has 1 N–H and O–H groups in total. The van der Waals surface area contributed by atoms with Crippen LogP contribution in [-0.2, 0) is 21.5 Å². The minimum absolute atomic E-state index is 0.105. The van der Waals surface area contributed by atoms with Crippen molar-refractivity contribution in [3.8, 4) is 0 Å². The summed E-state index contributed by atoms with van der Waals surface area (Å²) in [7, 11) is 1.95. The second kappa shape index (κ2) is 9.53. The van der Waals surface area contributed by atoms with Crippen LogP contribution in [0.25, 0.3) is 0 Å². The van der Waals surface area contributed by atoms with E-state index in [0.29, 0.717) is 58.7 Å². The molecule has 2 saturated heterocycles. The standard InChI is InChI=1S/C27H35FN2O3/c1-20-14-21(2)16-23(15-20)27(9-12-33-13-10-27)25(31)30-11-8-26(32,19-30)18-29(3)17-22-4-6-24(28)7-5-22/h4-7,14-16,32H,8-13,17-19H2,1-3H3. The smallest absolute Gasteiger partial charge is 0.233 e. The van der Waals surface area contributed by atoms with E-state index in [2.05, 4.69) is 32.0 Å². The highest BCUT2D eigenvalue weighted by Gasteiger charge is 2.48. The third-order valence-electron chi connectivity index (χ3n) is 7.08. The number of benzene rings is 2. The van der Waals surface area contributed by atoms with Gasteiger partial charge in [0.25, 0.3) is 0 Å². The van der Waals surface area contributed by atoms with E-state index in [1.165, 1.54) is 12.1 Å². The van der Waals surface area contributed by atoms with Crippen LogP contribution in [0.3, 0.4) is 0 Å². The first-order valence-electron chi connectivity index (χ1n) is 11.8. The molecule has 2 heterocycles. The molecule has 1 amide bonds. The molecule has 5 nitrogen and oxygen atoms in total. The molecule has 1 atom stereocenters. The van der Waals surface area contributed by atoms with Crippen molar-refractivity contribution in [1.29, 1.82) is 0 Å². The predicted octanol–water partition coefficient (Wildman–Crippen LogP) is 3.59. The van der Waals surface area contributed by atoms with E-state index in [1.54, 1.807) is 12.1 Å². The van der Waals surface area contributed by atoms with Gasteiger partial charge in [-0.1, -0.05) is 41.5 Å². The van der Waals surface area contributed by atoms with Gasteiger partial charge in [-0.2, -0.15) is 0 Å². The van der Waals surface area contributed by atoms with Crippen LogP contribution < -0.4 is 0 Å². The Morgan fingerprint density at radius 3 is 2.36 bits per heavy atom. The molecule has 33 heavy (non-hydrogen) atoms. The van der Waals surface area contributed by atoms with Gasteiger partial charge in [-0.3, -0.25) is 9.69 Å². The second-order valence-electron chi connectivity index (χ2n) is 10.1. The third kappa shape index (κ3) is 5.29. The minimum atomic E-state index is -0.959. The summed E-state index contributed by atoms with van der Waals surface area (Å²) in [6.07, 6.45) is 1.87. The lowest BCUT2D eigenvalue weighted by Gasteiger charge is -2.40. The Morgan fingerprint density at radius 1 is 1.09 bits per heavy atom. The maximum atomic E-state index is 14.0. The van der Waals surface area contributed by atoms with Crippen LogP contribution in [0.1, 0.15) is 41.5 Å². The lowest BCUT2D eigenvalue weighted by atomic mass is 9.72. The zero-order valence-corrected chi connectivity index (χ0v) is 19.9. The summed E-state index contributed by atoms with van der Waals surface area (Å²) in [5.74, 6) is -0.149. The molecule has 0 spiro atoms. The molecule has 2 aromatic rings. The summed E-state index contributed by atoms with van der Waals surface area (Å²) in [6.45, 7) is 7.21. The number of aliphatic hydroxyl groups is 1. The van der Waals surface area contributed by atoms with Crippen molar-refractivity contribution in [2.45, 2.75) is 50.7 Å². The number of ether oxygens (including phenoxy) is 1. The van der Waals surface area contributed by atoms with Gasteiger partial charge in [-0.05, 0) is 63.4 Å². The van der Waals surface area contributed by atoms with E-state index in [-0.39, 0.29) is 11.7 Å². The van der Waals surface area contributed by atoms with Gasteiger partial charge in [0.15, 0.2) is 0 Å². The maximum absolute atomic E-state index is 14.0. The molecule has 2 fully saturated rings. The molecular weight excluding hydrogens is 419 g/mol. The average Bonchev–Trinajstić information content (AvgIpc) is 3.16. The Kier molecular flexibility index (Phi) is 6.89. The fraction of sp³-hybridized carbons (Fsp3) is 0.519. The maximum Gasteiger partial charge on any atom is 0.233 e. The molecule has 0 aromatic heterocycles. The predicted molar refractivity (Wildman–Crippen MR) is 127 cm³/mol. The number of rotatable bonds is 6. The Balaban J connectivity index is 1.48. The molecule has 1 unspecified atom stereocenters. The largest absolute Gasteiger partial charge is 0.387 e. The SMILES string of the molecule is Cc1cc(C)cc(C2(C(=O)N3CCC(O)(CN(C)Cc4ccc(F)cc4)C3)CCOCC2)c1. The fourth-order valence-corrected chi connectivity index (χ4v) is 5.52. The normalized spacial score (nSPS) is 22.7. The van der Waals surface area contributed by atoms with E-state index in [0.717, 1.165) is 22.3 Å². The van der Waals surface area contributed by atoms with Crippen LogP contribution >= 0.6 is 0 Å². The number of halogens is 1. The zero-order valence-electron chi connectivity index (χ0n) is 19.9. The van der Waals surface area contributed by atoms with Gasteiger partial charge in [0, 0.05) is 32.8 Å². The third-order valence-corrected chi connectivity index (χ3v) is 7.08. The highest BCUT2D eigenvalue weighted by atomic mass is 19.1. The van der Waals surface area contributed by atoms with E-state index in [1.807, 2.05) is 16.8 Å². The summed E-state index contributed by atoms with van der Waals surface area (Å²) < 4.78 is 18.8. The Morgan fingerprint density at radius 2 is 1.73 bits per heavy atom. The molecule has 2 aliphatic heterocycles. The monoisotopic (exact) mass is 454 g/mol. The van der Waals surface area contributed by atoms with E-state index >= 15 is 0 Å². The van der Waals surface area contributed by atoms with Crippen LogP contribution in [0.15, 0.2) is 42.5 Å². The number of carbonyl (C=O) groups excluding carboxylic acids is 1. The van der Waals surface area contributed by atoms with Crippen molar-refractivity contribution in [3.63, 3.8) is 0 Å². The molecule has 4 rings (SSSR count). The highest BCUT2D eigenvalue weighted by Crippen LogP contribution is 2.39. The minimum Gasteiger partial charge on any atom is -0.387 e. The molecular formula is C27H35FN2O3. The van der Waals surface area contributed by atoms with Gasteiger partial charge in [0.1, 0.15) is 5.82 Å². The van der Waals surface area contributed by atoms with Crippen LogP contribution in [-0.4, -0.2) is 66.3 Å². The van der Waals surface area contributed by atoms with Crippen molar-refractivity contribution in [2.24, 2.45) is 0 Å². The number of amides is 1. The first kappa shape index (κ1) is 23.9. The van der Waals surface area contributed by atoms with Crippen LogP contribution in [0.2, 0.25) is 0 Å². The average molecular weight is 455 g/mol. The molecule has 0 bridgehead atoms. The van der Waals surface area contributed by atoms with Crippen molar-refractivity contribution < 1.29 is 19.0 Å². The van der Waals surface area contributed by atoms with Gasteiger partial charge >= 0.3 is 0 Å². The Labute approximate surface area is 196 Å². The van der Waals surface area contributed by atoms with Gasteiger partial charge < -0.3 is 14.7 Å². The summed E-state index contributed by atoms with van der Waals surface area (Å²) in [6, 6.07) is 12.8.